The molecule has 1 aromatic heterocycles. The smallest absolute Gasteiger partial charge is 0.237 e. The van der Waals surface area contributed by atoms with E-state index >= 15 is 0 Å². The fourth-order valence-corrected chi connectivity index (χ4v) is 4.75. The predicted molar refractivity (Wildman–Crippen MR) is 96.7 cm³/mol. The van der Waals surface area contributed by atoms with E-state index in [1.165, 1.54) is 30.0 Å². The molecule has 1 amide bonds. The highest BCUT2D eigenvalue weighted by molar-refractivity contribution is 8.03. The van der Waals surface area contributed by atoms with E-state index in [0.717, 1.165) is 14.4 Å². The van der Waals surface area contributed by atoms with Gasteiger partial charge in [0.05, 0.1) is 5.25 Å². The summed E-state index contributed by atoms with van der Waals surface area (Å²) in [4.78, 5) is 23.6. The standard InChI is InChI=1S/C15H17N3O2S3/c1-4-21-14-17-18-15(23-14)22-10(3)13(20)16-12-7-5-6-11(8-12)9(2)19/h5-8,10H,4H2,1-3H3,(H,16,20)/t10-/m0/s1. The van der Waals surface area contributed by atoms with E-state index in [9.17, 15) is 9.59 Å². The fourth-order valence-electron chi connectivity index (χ4n) is 1.69. The summed E-state index contributed by atoms with van der Waals surface area (Å²) in [6, 6.07) is 6.93. The van der Waals surface area contributed by atoms with Crippen LogP contribution in [0, 0.1) is 0 Å². The number of carbonyl (C=O) groups excluding carboxylic acids is 2. The first-order valence-corrected chi connectivity index (χ1v) is 9.72. The minimum atomic E-state index is -0.302. The highest BCUT2D eigenvalue weighted by Crippen LogP contribution is 2.31. The summed E-state index contributed by atoms with van der Waals surface area (Å²) in [7, 11) is 0. The van der Waals surface area contributed by atoms with Crippen molar-refractivity contribution >= 4 is 52.2 Å². The summed E-state index contributed by atoms with van der Waals surface area (Å²) in [6.45, 7) is 5.38. The number of Topliss-reactive ketones (excluding diaryl/α,β-unsaturated/α-hetero) is 1. The van der Waals surface area contributed by atoms with Crippen molar-refractivity contribution in [3.63, 3.8) is 0 Å². The first-order chi connectivity index (χ1) is 11.0. The van der Waals surface area contributed by atoms with Crippen LogP contribution < -0.4 is 5.32 Å². The van der Waals surface area contributed by atoms with Crippen LogP contribution in [0.4, 0.5) is 5.69 Å². The van der Waals surface area contributed by atoms with Gasteiger partial charge in [-0.05, 0) is 31.7 Å². The third-order valence-electron chi connectivity index (χ3n) is 2.84. The highest BCUT2D eigenvalue weighted by Gasteiger charge is 2.17. The number of benzene rings is 1. The van der Waals surface area contributed by atoms with Crippen molar-refractivity contribution in [1.82, 2.24) is 10.2 Å². The largest absolute Gasteiger partial charge is 0.325 e. The van der Waals surface area contributed by atoms with Gasteiger partial charge in [-0.25, -0.2) is 0 Å². The van der Waals surface area contributed by atoms with Crippen LogP contribution >= 0.6 is 34.9 Å². The van der Waals surface area contributed by atoms with Crippen molar-refractivity contribution in [3.8, 4) is 0 Å². The van der Waals surface area contributed by atoms with E-state index < -0.39 is 0 Å². The molecule has 1 atom stereocenters. The summed E-state index contributed by atoms with van der Waals surface area (Å²) < 4.78 is 1.69. The number of carbonyl (C=O) groups is 2. The van der Waals surface area contributed by atoms with E-state index in [2.05, 4.69) is 22.4 Å². The van der Waals surface area contributed by atoms with Crippen molar-refractivity contribution in [1.29, 1.82) is 0 Å². The topological polar surface area (TPSA) is 72.0 Å². The zero-order chi connectivity index (χ0) is 16.8. The molecule has 122 valence electrons. The molecule has 1 heterocycles. The zero-order valence-electron chi connectivity index (χ0n) is 13.0. The zero-order valence-corrected chi connectivity index (χ0v) is 15.5. The Bertz CT molecular complexity index is 703. The van der Waals surface area contributed by atoms with Gasteiger partial charge in [-0.1, -0.05) is 53.9 Å². The molecule has 0 radical (unpaired) electrons. The maximum atomic E-state index is 12.3. The number of ketones is 1. The third kappa shape index (κ3) is 5.33. The maximum Gasteiger partial charge on any atom is 0.237 e. The molecule has 0 aliphatic rings. The Morgan fingerprint density at radius 1 is 1.30 bits per heavy atom. The van der Waals surface area contributed by atoms with E-state index in [1.54, 1.807) is 36.0 Å². The molecule has 23 heavy (non-hydrogen) atoms. The molecule has 0 aliphatic heterocycles. The van der Waals surface area contributed by atoms with Gasteiger partial charge in [0.2, 0.25) is 5.91 Å². The van der Waals surface area contributed by atoms with Gasteiger partial charge in [0.25, 0.3) is 0 Å². The van der Waals surface area contributed by atoms with Gasteiger partial charge in [-0.3, -0.25) is 9.59 Å². The van der Waals surface area contributed by atoms with Crippen molar-refractivity contribution in [2.45, 2.75) is 34.7 Å². The van der Waals surface area contributed by atoms with Crippen LogP contribution in [0.25, 0.3) is 0 Å². The Hall–Kier alpha value is -1.38. The second-order valence-electron chi connectivity index (χ2n) is 4.65. The number of nitrogens with one attached hydrogen (secondary N) is 1. The molecule has 0 spiro atoms. The van der Waals surface area contributed by atoms with E-state index in [1.807, 2.05) is 6.92 Å². The number of anilines is 1. The molecule has 5 nitrogen and oxygen atoms in total. The Balaban J connectivity index is 1.96. The lowest BCUT2D eigenvalue weighted by Crippen LogP contribution is -2.22. The molecule has 0 fully saturated rings. The molecule has 1 aromatic carbocycles. The maximum absolute atomic E-state index is 12.3. The van der Waals surface area contributed by atoms with Gasteiger partial charge < -0.3 is 5.32 Å². The van der Waals surface area contributed by atoms with Crippen LogP contribution in [0.5, 0.6) is 0 Å². The monoisotopic (exact) mass is 367 g/mol. The fraction of sp³-hybridized carbons (Fsp3) is 0.333. The predicted octanol–water partition coefficient (Wildman–Crippen LogP) is 3.97. The number of thioether (sulfide) groups is 2. The summed E-state index contributed by atoms with van der Waals surface area (Å²) in [5, 5.41) is 10.7. The molecular formula is C15H17N3O2S3. The first kappa shape index (κ1) is 18.0. The molecular weight excluding hydrogens is 350 g/mol. The van der Waals surface area contributed by atoms with Gasteiger partial charge in [0.1, 0.15) is 0 Å². The average molecular weight is 368 g/mol. The highest BCUT2D eigenvalue weighted by atomic mass is 32.2. The van der Waals surface area contributed by atoms with Crippen LogP contribution in [0.1, 0.15) is 31.1 Å². The molecule has 1 N–H and O–H groups in total. The van der Waals surface area contributed by atoms with Crippen LogP contribution in [0.2, 0.25) is 0 Å². The van der Waals surface area contributed by atoms with Crippen LogP contribution in [-0.2, 0) is 4.79 Å². The number of hydrogen-bond acceptors (Lipinski definition) is 7. The lowest BCUT2D eigenvalue weighted by Gasteiger charge is -2.10. The minimum absolute atomic E-state index is 0.0293. The molecule has 0 aliphatic carbocycles. The third-order valence-corrected chi connectivity index (χ3v) is 5.96. The summed E-state index contributed by atoms with van der Waals surface area (Å²) >= 11 is 4.51. The van der Waals surface area contributed by atoms with Crippen molar-refractivity contribution in [2.24, 2.45) is 0 Å². The Kier molecular flexibility index (Phi) is 6.61. The lowest BCUT2D eigenvalue weighted by molar-refractivity contribution is -0.115. The van der Waals surface area contributed by atoms with Crippen LogP contribution in [-0.4, -0.2) is 32.9 Å². The van der Waals surface area contributed by atoms with E-state index in [4.69, 9.17) is 0 Å². The molecule has 0 saturated carbocycles. The number of nitrogens with zero attached hydrogens (tertiary/aromatic N) is 2. The minimum Gasteiger partial charge on any atom is -0.325 e. The Morgan fingerprint density at radius 3 is 2.74 bits per heavy atom. The van der Waals surface area contributed by atoms with E-state index in [0.29, 0.717) is 11.3 Å². The number of rotatable bonds is 7. The summed E-state index contributed by atoms with van der Waals surface area (Å²) in [5.41, 5.74) is 1.20. The van der Waals surface area contributed by atoms with Gasteiger partial charge >= 0.3 is 0 Å². The first-order valence-electron chi connectivity index (χ1n) is 7.04. The number of amides is 1. The molecule has 0 bridgehead atoms. The van der Waals surface area contributed by atoms with Gasteiger partial charge in [0, 0.05) is 11.3 Å². The Labute approximate surface area is 147 Å². The normalized spacial score (nSPS) is 12.0. The average Bonchev–Trinajstić information content (AvgIpc) is 2.95. The summed E-state index contributed by atoms with van der Waals surface area (Å²) in [5.74, 6) is 0.788. The van der Waals surface area contributed by atoms with Gasteiger partial charge in [-0.2, -0.15) is 0 Å². The van der Waals surface area contributed by atoms with Crippen molar-refractivity contribution in [3.05, 3.63) is 29.8 Å². The quantitative estimate of drug-likeness (QED) is 0.590. The van der Waals surface area contributed by atoms with Crippen molar-refractivity contribution < 1.29 is 9.59 Å². The van der Waals surface area contributed by atoms with Crippen LogP contribution in [0.15, 0.2) is 32.9 Å². The lowest BCUT2D eigenvalue weighted by atomic mass is 10.1. The van der Waals surface area contributed by atoms with Gasteiger partial charge in [0.15, 0.2) is 14.5 Å². The number of aromatic nitrogens is 2. The second-order valence-corrected chi connectivity index (χ2v) is 8.73. The Morgan fingerprint density at radius 2 is 2.04 bits per heavy atom. The molecule has 2 rings (SSSR count). The molecule has 0 unspecified atom stereocenters. The SMILES string of the molecule is CCSc1nnc(S[C@@H](C)C(=O)Nc2cccc(C(C)=O)c2)s1. The molecule has 2 aromatic rings. The summed E-state index contributed by atoms with van der Waals surface area (Å²) in [6.07, 6.45) is 0. The van der Waals surface area contributed by atoms with Gasteiger partial charge in [-0.15, -0.1) is 10.2 Å². The molecule has 0 saturated heterocycles. The number of hydrogen-bond donors (Lipinski definition) is 1. The molecule has 8 heteroatoms. The van der Waals surface area contributed by atoms with Crippen molar-refractivity contribution in [2.75, 3.05) is 11.1 Å². The van der Waals surface area contributed by atoms with E-state index in [-0.39, 0.29) is 16.9 Å². The van der Waals surface area contributed by atoms with Crippen LogP contribution in [0.3, 0.4) is 0 Å². The second kappa shape index (κ2) is 8.47.